The SMILES string of the molecule is CC(=O)CCOCCN(C)C(=O)c1cccc(N)c1O. The second kappa shape index (κ2) is 7.49. The maximum atomic E-state index is 12.1. The van der Waals surface area contributed by atoms with Gasteiger partial charge in [-0.2, -0.15) is 0 Å². The van der Waals surface area contributed by atoms with Crippen LogP contribution in [0.4, 0.5) is 5.69 Å². The van der Waals surface area contributed by atoms with Gasteiger partial charge in [0.1, 0.15) is 5.78 Å². The molecule has 1 amide bonds. The number of hydrogen-bond donors (Lipinski definition) is 2. The van der Waals surface area contributed by atoms with Crippen molar-refractivity contribution in [1.29, 1.82) is 0 Å². The third kappa shape index (κ3) is 4.55. The average Bonchev–Trinajstić information content (AvgIpc) is 2.40. The zero-order chi connectivity index (χ0) is 15.1. The van der Waals surface area contributed by atoms with Crippen molar-refractivity contribution in [2.45, 2.75) is 13.3 Å². The minimum atomic E-state index is -0.329. The molecule has 0 fully saturated rings. The summed E-state index contributed by atoms with van der Waals surface area (Å²) in [5, 5.41) is 9.75. The number of carbonyl (C=O) groups is 2. The summed E-state index contributed by atoms with van der Waals surface area (Å²) < 4.78 is 5.25. The summed E-state index contributed by atoms with van der Waals surface area (Å²) in [4.78, 5) is 24.2. The first-order chi connectivity index (χ1) is 9.43. The van der Waals surface area contributed by atoms with E-state index >= 15 is 0 Å². The van der Waals surface area contributed by atoms with E-state index in [1.165, 1.54) is 24.0 Å². The molecule has 1 aromatic rings. The Labute approximate surface area is 118 Å². The summed E-state index contributed by atoms with van der Waals surface area (Å²) in [5.41, 5.74) is 5.88. The van der Waals surface area contributed by atoms with Gasteiger partial charge in [0.05, 0.1) is 24.5 Å². The number of Topliss-reactive ketones (excluding diaryl/α,β-unsaturated/α-hetero) is 1. The molecular formula is C14H20N2O4. The standard InChI is InChI=1S/C14H20N2O4/c1-10(17)6-8-20-9-7-16(2)14(19)11-4-3-5-12(15)13(11)18/h3-5,18H,6-9,15H2,1-2H3. The third-order valence-electron chi connectivity index (χ3n) is 2.81. The number of ketones is 1. The molecular weight excluding hydrogens is 260 g/mol. The van der Waals surface area contributed by atoms with E-state index in [4.69, 9.17) is 10.5 Å². The zero-order valence-electron chi connectivity index (χ0n) is 11.8. The van der Waals surface area contributed by atoms with Crippen LogP contribution >= 0.6 is 0 Å². The quantitative estimate of drug-likeness (QED) is 0.442. The van der Waals surface area contributed by atoms with Crippen molar-refractivity contribution < 1.29 is 19.4 Å². The lowest BCUT2D eigenvalue weighted by Crippen LogP contribution is -2.30. The van der Waals surface area contributed by atoms with Crippen molar-refractivity contribution in [2.75, 3.05) is 32.5 Å². The molecule has 0 aliphatic carbocycles. The zero-order valence-corrected chi connectivity index (χ0v) is 11.8. The number of likely N-dealkylation sites (N-methyl/N-ethyl adjacent to an activating group) is 1. The molecule has 0 saturated carbocycles. The summed E-state index contributed by atoms with van der Waals surface area (Å²) >= 11 is 0. The second-order valence-electron chi connectivity index (χ2n) is 4.53. The second-order valence-corrected chi connectivity index (χ2v) is 4.53. The molecule has 6 heteroatoms. The van der Waals surface area contributed by atoms with Gasteiger partial charge in [0.15, 0.2) is 5.75 Å². The fourth-order valence-electron chi connectivity index (χ4n) is 1.56. The van der Waals surface area contributed by atoms with Crippen molar-refractivity contribution in [3.05, 3.63) is 23.8 Å². The number of amides is 1. The number of nitrogens with two attached hydrogens (primary N) is 1. The van der Waals surface area contributed by atoms with E-state index in [-0.39, 0.29) is 28.7 Å². The molecule has 0 spiro atoms. The molecule has 1 aromatic carbocycles. The van der Waals surface area contributed by atoms with Crippen LogP contribution in [0.2, 0.25) is 0 Å². The van der Waals surface area contributed by atoms with Gasteiger partial charge in [-0.25, -0.2) is 0 Å². The van der Waals surface area contributed by atoms with Crippen LogP contribution in [0, 0.1) is 0 Å². The first kappa shape index (κ1) is 16.0. The van der Waals surface area contributed by atoms with Crippen LogP contribution in [0.3, 0.4) is 0 Å². The molecule has 20 heavy (non-hydrogen) atoms. The van der Waals surface area contributed by atoms with Gasteiger partial charge in [-0.3, -0.25) is 9.59 Å². The first-order valence-electron chi connectivity index (χ1n) is 6.33. The Morgan fingerprint density at radius 2 is 2.05 bits per heavy atom. The molecule has 0 aliphatic rings. The van der Waals surface area contributed by atoms with Gasteiger partial charge in [-0.1, -0.05) is 6.07 Å². The van der Waals surface area contributed by atoms with Crippen molar-refractivity contribution in [3.8, 4) is 5.75 Å². The Kier molecular flexibility index (Phi) is 5.99. The van der Waals surface area contributed by atoms with E-state index in [1.54, 1.807) is 13.1 Å². The Morgan fingerprint density at radius 3 is 2.70 bits per heavy atom. The number of nitrogens with zero attached hydrogens (tertiary/aromatic N) is 1. The number of ether oxygens (including phenoxy) is 1. The largest absolute Gasteiger partial charge is 0.505 e. The van der Waals surface area contributed by atoms with Gasteiger partial charge in [0, 0.05) is 20.0 Å². The van der Waals surface area contributed by atoms with Gasteiger partial charge in [-0.15, -0.1) is 0 Å². The number of carbonyl (C=O) groups excluding carboxylic acids is 2. The molecule has 0 radical (unpaired) electrons. The van der Waals surface area contributed by atoms with Crippen LogP contribution in [-0.2, 0) is 9.53 Å². The number of aromatic hydroxyl groups is 1. The Morgan fingerprint density at radius 1 is 1.35 bits per heavy atom. The summed E-state index contributed by atoms with van der Waals surface area (Å²) in [6, 6.07) is 4.65. The predicted octanol–water partition coefficient (Wildman–Crippen LogP) is 1.04. The Hall–Kier alpha value is -2.08. The third-order valence-corrected chi connectivity index (χ3v) is 2.81. The van der Waals surface area contributed by atoms with E-state index in [0.29, 0.717) is 26.2 Å². The van der Waals surface area contributed by atoms with E-state index in [9.17, 15) is 14.7 Å². The molecule has 110 valence electrons. The molecule has 0 atom stereocenters. The number of phenols is 1. The highest BCUT2D eigenvalue weighted by atomic mass is 16.5. The van der Waals surface area contributed by atoms with Gasteiger partial charge in [-0.05, 0) is 19.1 Å². The van der Waals surface area contributed by atoms with Crippen molar-refractivity contribution in [1.82, 2.24) is 4.90 Å². The topological polar surface area (TPSA) is 92.9 Å². The van der Waals surface area contributed by atoms with E-state index in [1.807, 2.05) is 0 Å². The van der Waals surface area contributed by atoms with E-state index < -0.39 is 0 Å². The van der Waals surface area contributed by atoms with Crippen LogP contribution in [0.15, 0.2) is 18.2 Å². The minimum Gasteiger partial charge on any atom is -0.505 e. The molecule has 0 heterocycles. The highest BCUT2D eigenvalue weighted by Crippen LogP contribution is 2.25. The first-order valence-corrected chi connectivity index (χ1v) is 6.33. The van der Waals surface area contributed by atoms with Gasteiger partial charge >= 0.3 is 0 Å². The summed E-state index contributed by atoms with van der Waals surface area (Å²) in [6.07, 6.45) is 0.369. The minimum absolute atomic E-state index is 0.0686. The van der Waals surface area contributed by atoms with Crippen LogP contribution in [0.5, 0.6) is 5.75 Å². The molecule has 6 nitrogen and oxygen atoms in total. The van der Waals surface area contributed by atoms with Crippen molar-refractivity contribution in [3.63, 3.8) is 0 Å². The van der Waals surface area contributed by atoms with Crippen LogP contribution in [0.25, 0.3) is 0 Å². The maximum Gasteiger partial charge on any atom is 0.257 e. The van der Waals surface area contributed by atoms with Gasteiger partial charge in [0.25, 0.3) is 5.91 Å². The van der Waals surface area contributed by atoms with Crippen molar-refractivity contribution in [2.24, 2.45) is 0 Å². The number of anilines is 1. The number of para-hydroxylation sites is 1. The van der Waals surface area contributed by atoms with Gasteiger partial charge in [0.2, 0.25) is 0 Å². The highest BCUT2D eigenvalue weighted by Gasteiger charge is 2.16. The number of nitrogen functional groups attached to an aromatic ring is 1. The highest BCUT2D eigenvalue weighted by molar-refractivity contribution is 5.98. The average molecular weight is 280 g/mol. The van der Waals surface area contributed by atoms with E-state index in [0.717, 1.165) is 0 Å². The lowest BCUT2D eigenvalue weighted by atomic mass is 10.1. The number of hydrogen-bond acceptors (Lipinski definition) is 5. The molecule has 0 saturated heterocycles. The molecule has 3 N–H and O–H groups in total. The maximum absolute atomic E-state index is 12.1. The number of rotatable bonds is 7. The lowest BCUT2D eigenvalue weighted by molar-refractivity contribution is -0.118. The monoisotopic (exact) mass is 280 g/mol. The Bertz CT molecular complexity index is 488. The number of benzene rings is 1. The lowest BCUT2D eigenvalue weighted by Gasteiger charge is -2.18. The summed E-state index contributed by atoms with van der Waals surface area (Å²) in [7, 11) is 1.61. The van der Waals surface area contributed by atoms with E-state index in [2.05, 4.69) is 0 Å². The molecule has 0 aromatic heterocycles. The smallest absolute Gasteiger partial charge is 0.257 e. The van der Waals surface area contributed by atoms with Gasteiger partial charge < -0.3 is 20.5 Å². The van der Waals surface area contributed by atoms with Crippen molar-refractivity contribution >= 4 is 17.4 Å². The summed E-state index contributed by atoms with van der Waals surface area (Å²) in [6.45, 7) is 2.55. The molecule has 0 bridgehead atoms. The van der Waals surface area contributed by atoms with Crippen LogP contribution in [0.1, 0.15) is 23.7 Å². The number of phenolic OH excluding ortho intramolecular Hbond substituents is 1. The molecule has 1 rings (SSSR count). The fraction of sp³-hybridized carbons (Fsp3) is 0.429. The summed E-state index contributed by atoms with van der Waals surface area (Å²) in [5.74, 6) is -0.467. The molecule has 0 aliphatic heterocycles. The normalized spacial score (nSPS) is 10.3. The van der Waals surface area contributed by atoms with Crippen LogP contribution < -0.4 is 5.73 Å². The Balaban J connectivity index is 2.47. The van der Waals surface area contributed by atoms with Crippen LogP contribution in [-0.4, -0.2) is 48.5 Å². The predicted molar refractivity (Wildman–Crippen MR) is 75.6 cm³/mol. The molecule has 0 unspecified atom stereocenters. The fourth-order valence-corrected chi connectivity index (χ4v) is 1.56.